The lowest BCUT2D eigenvalue weighted by molar-refractivity contribution is -0.119. The molecule has 0 saturated heterocycles. The Balaban J connectivity index is 1.55. The number of likely N-dealkylation sites (N-methyl/N-ethyl adjacent to an activating group) is 1. The Hall–Kier alpha value is -3.42. The molecule has 2 N–H and O–H groups in total. The Labute approximate surface area is 206 Å². The third-order valence-electron chi connectivity index (χ3n) is 5.42. The quantitative estimate of drug-likeness (QED) is 0.529. The molecule has 1 atom stereocenters. The van der Waals surface area contributed by atoms with E-state index in [-0.39, 0.29) is 11.3 Å². The fraction of sp³-hybridized carbons (Fsp3) is 0.160. The minimum atomic E-state index is -1.24. The van der Waals surface area contributed by atoms with Gasteiger partial charge in [0.1, 0.15) is 5.82 Å². The lowest BCUT2D eigenvalue weighted by atomic mass is 10.00. The Morgan fingerprint density at radius 2 is 1.74 bits per heavy atom. The van der Waals surface area contributed by atoms with Crippen LogP contribution in [0.5, 0.6) is 0 Å². The third-order valence-corrected chi connectivity index (χ3v) is 6.16. The molecule has 1 heterocycles. The van der Waals surface area contributed by atoms with E-state index in [1.807, 2.05) is 6.07 Å². The van der Waals surface area contributed by atoms with Gasteiger partial charge >= 0.3 is 6.03 Å². The fourth-order valence-electron chi connectivity index (χ4n) is 3.67. The van der Waals surface area contributed by atoms with Gasteiger partial charge in [0, 0.05) is 24.7 Å². The molecule has 3 aromatic rings. The summed E-state index contributed by atoms with van der Waals surface area (Å²) in [6, 6.07) is 18.0. The number of aliphatic imine (C=N–C) groups is 1. The van der Waals surface area contributed by atoms with Gasteiger partial charge in [-0.3, -0.25) is 4.79 Å². The van der Waals surface area contributed by atoms with Crippen LogP contribution in [-0.2, 0) is 11.2 Å². The summed E-state index contributed by atoms with van der Waals surface area (Å²) in [5.41, 5.74) is 2.58. The number of hydrogen-bond acceptors (Lipinski definition) is 3. The van der Waals surface area contributed by atoms with E-state index in [0.29, 0.717) is 34.3 Å². The van der Waals surface area contributed by atoms with Gasteiger partial charge in [0.05, 0.1) is 21.4 Å². The molecule has 1 aliphatic heterocycles. The second-order valence-corrected chi connectivity index (χ2v) is 8.49. The summed E-state index contributed by atoms with van der Waals surface area (Å²) in [7, 11) is 1.60. The summed E-state index contributed by atoms with van der Waals surface area (Å²) in [6.45, 7) is 0.296. The van der Waals surface area contributed by atoms with Gasteiger partial charge in [-0.15, -0.1) is 0 Å². The van der Waals surface area contributed by atoms with Crippen molar-refractivity contribution in [2.75, 3.05) is 18.5 Å². The topological polar surface area (TPSA) is 73.8 Å². The maximum absolute atomic E-state index is 14.7. The van der Waals surface area contributed by atoms with Gasteiger partial charge in [-0.2, -0.15) is 0 Å². The number of carbonyl (C=O) groups is 2. The average molecular weight is 499 g/mol. The SMILES string of the molecule is CN1C(=O)C(NC(=O)NCCc2ccc(Cl)c(Cl)c2)N=C(c2ccccc2F)c2ccccc21. The van der Waals surface area contributed by atoms with Gasteiger partial charge in [0.25, 0.3) is 5.91 Å². The number of anilines is 1. The van der Waals surface area contributed by atoms with Crippen molar-refractivity contribution in [2.45, 2.75) is 12.6 Å². The van der Waals surface area contributed by atoms with Crippen LogP contribution >= 0.6 is 23.2 Å². The second-order valence-electron chi connectivity index (χ2n) is 7.67. The third kappa shape index (κ3) is 5.05. The van der Waals surface area contributed by atoms with Gasteiger partial charge in [-0.1, -0.05) is 59.6 Å². The van der Waals surface area contributed by atoms with Gasteiger partial charge in [0.2, 0.25) is 6.17 Å². The molecule has 1 unspecified atom stereocenters. The number of urea groups is 1. The lowest BCUT2D eigenvalue weighted by Gasteiger charge is -2.21. The molecule has 0 saturated carbocycles. The fourth-order valence-corrected chi connectivity index (χ4v) is 4.00. The zero-order valence-corrected chi connectivity index (χ0v) is 19.7. The molecule has 4 rings (SSSR count). The van der Waals surface area contributed by atoms with Crippen molar-refractivity contribution in [2.24, 2.45) is 4.99 Å². The van der Waals surface area contributed by atoms with Crippen molar-refractivity contribution >= 4 is 46.5 Å². The Bertz CT molecular complexity index is 1280. The summed E-state index contributed by atoms with van der Waals surface area (Å²) in [5.74, 6) is -0.920. The number of nitrogens with zero attached hydrogens (tertiary/aromatic N) is 2. The van der Waals surface area contributed by atoms with Crippen molar-refractivity contribution < 1.29 is 14.0 Å². The number of carbonyl (C=O) groups excluding carboxylic acids is 2. The van der Waals surface area contributed by atoms with Crippen LogP contribution < -0.4 is 15.5 Å². The van der Waals surface area contributed by atoms with Crippen molar-refractivity contribution in [3.05, 3.63) is 99.3 Å². The second kappa shape index (κ2) is 10.2. The minimum Gasteiger partial charge on any atom is -0.338 e. The van der Waals surface area contributed by atoms with Crippen LogP contribution in [0.15, 0.2) is 71.7 Å². The smallest absolute Gasteiger partial charge is 0.316 e. The van der Waals surface area contributed by atoms with Crippen LogP contribution in [0, 0.1) is 5.82 Å². The number of nitrogens with one attached hydrogen (secondary N) is 2. The minimum absolute atomic E-state index is 0.241. The predicted octanol–water partition coefficient (Wildman–Crippen LogP) is 4.81. The lowest BCUT2D eigenvalue weighted by Crippen LogP contribution is -2.49. The van der Waals surface area contributed by atoms with Gasteiger partial charge < -0.3 is 15.5 Å². The summed E-state index contributed by atoms with van der Waals surface area (Å²) in [5, 5.41) is 6.21. The highest BCUT2D eigenvalue weighted by atomic mass is 35.5. The molecule has 0 fully saturated rings. The van der Waals surface area contributed by atoms with Crippen LogP contribution in [0.4, 0.5) is 14.9 Å². The van der Waals surface area contributed by atoms with E-state index in [1.165, 1.54) is 11.0 Å². The highest BCUT2D eigenvalue weighted by molar-refractivity contribution is 6.42. The van der Waals surface area contributed by atoms with E-state index in [2.05, 4.69) is 15.6 Å². The number of para-hydroxylation sites is 1. The Morgan fingerprint density at radius 1 is 1.03 bits per heavy atom. The normalized spacial score (nSPS) is 15.3. The molecule has 34 heavy (non-hydrogen) atoms. The molecule has 0 bridgehead atoms. The van der Waals surface area contributed by atoms with E-state index in [4.69, 9.17) is 23.2 Å². The van der Waals surface area contributed by atoms with Crippen LogP contribution in [0.2, 0.25) is 10.0 Å². The number of fused-ring (bicyclic) bond motifs is 1. The molecule has 1 aliphatic rings. The first-order valence-electron chi connectivity index (χ1n) is 10.5. The molecule has 0 aromatic heterocycles. The van der Waals surface area contributed by atoms with Crippen molar-refractivity contribution in [1.29, 1.82) is 0 Å². The van der Waals surface area contributed by atoms with Crippen LogP contribution in [-0.4, -0.2) is 37.4 Å². The maximum Gasteiger partial charge on any atom is 0.316 e. The number of hydrogen-bond donors (Lipinski definition) is 2. The number of rotatable bonds is 5. The molecule has 6 nitrogen and oxygen atoms in total. The molecule has 3 amide bonds. The molecule has 3 aromatic carbocycles. The predicted molar refractivity (Wildman–Crippen MR) is 132 cm³/mol. The van der Waals surface area contributed by atoms with Gasteiger partial charge in [-0.25, -0.2) is 14.2 Å². The Kier molecular flexibility index (Phi) is 7.14. The Morgan fingerprint density at radius 3 is 2.47 bits per heavy atom. The first kappa shape index (κ1) is 23.7. The zero-order valence-electron chi connectivity index (χ0n) is 18.2. The van der Waals surface area contributed by atoms with Gasteiger partial charge in [0.15, 0.2) is 0 Å². The van der Waals surface area contributed by atoms with E-state index in [1.54, 1.807) is 61.6 Å². The highest BCUT2D eigenvalue weighted by Crippen LogP contribution is 2.28. The first-order chi connectivity index (χ1) is 16.3. The largest absolute Gasteiger partial charge is 0.338 e. The molecular weight excluding hydrogens is 478 g/mol. The molecule has 0 radical (unpaired) electrons. The van der Waals surface area contributed by atoms with Crippen molar-refractivity contribution in [1.82, 2.24) is 10.6 Å². The van der Waals surface area contributed by atoms with E-state index in [0.717, 1.165) is 5.56 Å². The summed E-state index contributed by atoms with van der Waals surface area (Å²) < 4.78 is 14.7. The summed E-state index contributed by atoms with van der Waals surface area (Å²) in [6.07, 6.45) is -0.727. The van der Waals surface area contributed by atoms with E-state index < -0.39 is 23.9 Å². The molecule has 0 aliphatic carbocycles. The molecule has 174 valence electrons. The van der Waals surface area contributed by atoms with Gasteiger partial charge in [-0.05, 0) is 42.3 Å². The number of benzene rings is 3. The summed E-state index contributed by atoms with van der Waals surface area (Å²) >= 11 is 12.0. The standard InChI is InChI=1S/C25H21Cl2FN4O2/c1-32-21-9-5-3-7-17(21)22(16-6-2-4-8-20(16)28)30-23(24(32)33)31-25(34)29-13-12-15-10-11-18(26)19(27)14-15/h2-11,14,23H,12-13H2,1H3,(H2,29,31,34). The highest BCUT2D eigenvalue weighted by Gasteiger charge is 2.31. The molecular formula is C25H21Cl2FN4O2. The molecule has 9 heteroatoms. The number of amides is 3. The number of benzodiazepines with no additional fused rings is 1. The maximum atomic E-state index is 14.7. The molecule has 0 spiro atoms. The van der Waals surface area contributed by atoms with E-state index >= 15 is 0 Å². The van der Waals surface area contributed by atoms with E-state index in [9.17, 15) is 14.0 Å². The van der Waals surface area contributed by atoms with Crippen LogP contribution in [0.3, 0.4) is 0 Å². The number of halogens is 3. The van der Waals surface area contributed by atoms with Crippen LogP contribution in [0.1, 0.15) is 16.7 Å². The van der Waals surface area contributed by atoms with Crippen molar-refractivity contribution in [3.8, 4) is 0 Å². The van der Waals surface area contributed by atoms with Crippen molar-refractivity contribution in [3.63, 3.8) is 0 Å². The summed E-state index contributed by atoms with van der Waals surface area (Å²) in [4.78, 5) is 31.6. The zero-order chi connectivity index (χ0) is 24.2. The van der Waals surface area contributed by atoms with Crippen LogP contribution in [0.25, 0.3) is 0 Å². The monoisotopic (exact) mass is 498 g/mol. The average Bonchev–Trinajstić information content (AvgIpc) is 2.92. The first-order valence-corrected chi connectivity index (χ1v) is 11.3.